The van der Waals surface area contributed by atoms with Crippen LogP contribution in [0.1, 0.15) is 31.6 Å². The molecule has 0 aliphatic carbocycles. The van der Waals surface area contributed by atoms with Crippen molar-refractivity contribution < 1.29 is 9.90 Å². The summed E-state index contributed by atoms with van der Waals surface area (Å²) in [5.74, 6) is -0.721. The Morgan fingerprint density at radius 2 is 2.38 bits per heavy atom. The summed E-state index contributed by atoms with van der Waals surface area (Å²) < 4.78 is 0. The molecule has 1 rings (SSSR count). The molecule has 90 valence electrons. The van der Waals surface area contributed by atoms with Crippen molar-refractivity contribution in [3.63, 3.8) is 0 Å². The molecule has 0 aromatic carbocycles. The van der Waals surface area contributed by atoms with Crippen molar-refractivity contribution in [2.75, 3.05) is 6.54 Å². The van der Waals surface area contributed by atoms with Crippen LogP contribution in [0.2, 0.25) is 0 Å². The van der Waals surface area contributed by atoms with E-state index in [2.05, 4.69) is 23.7 Å². The van der Waals surface area contributed by atoms with Crippen LogP contribution in [0.5, 0.6) is 0 Å². The van der Waals surface area contributed by atoms with Crippen molar-refractivity contribution in [3.05, 3.63) is 16.6 Å². The summed E-state index contributed by atoms with van der Waals surface area (Å²) in [6.07, 6.45) is 2.81. The highest BCUT2D eigenvalue weighted by molar-refractivity contribution is 7.09. The number of nitrogens with zero attached hydrogens (tertiary/aromatic N) is 2. The number of hydrogen-bond donors (Lipinski definition) is 1. The van der Waals surface area contributed by atoms with E-state index in [-0.39, 0.29) is 6.42 Å². The molecule has 1 aromatic rings. The maximum Gasteiger partial charge on any atom is 0.303 e. The summed E-state index contributed by atoms with van der Waals surface area (Å²) in [6.45, 7) is 5.94. The van der Waals surface area contributed by atoms with Gasteiger partial charge in [-0.1, -0.05) is 0 Å². The highest BCUT2D eigenvalue weighted by atomic mass is 32.1. The Morgan fingerprint density at radius 3 is 2.88 bits per heavy atom. The molecule has 5 heteroatoms. The van der Waals surface area contributed by atoms with Crippen molar-refractivity contribution in [3.8, 4) is 0 Å². The van der Waals surface area contributed by atoms with Gasteiger partial charge < -0.3 is 5.11 Å². The number of rotatable bonds is 7. The highest BCUT2D eigenvalue weighted by Crippen LogP contribution is 2.12. The number of carboxylic acid groups (broad SMARTS) is 1. The third-order valence-electron chi connectivity index (χ3n) is 2.41. The topological polar surface area (TPSA) is 53.4 Å². The molecule has 0 aliphatic heterocycles. The van der Waals surface area contributed by atoms with Gasteiger partial charge >= 0.3 is 5.97 Å². The van der Waals surface area contributed by atoms with E-state index in [0.717, 1.165) is 13.1 Å². The first kappa shape index (κ1) is 13.1. The number of carboxylic acids is 1. The molecule has 4 nitrogen and oxygen atoms in total. The van der Waals surface area contributed by atoms with Crippen molar-refractivity contribution in [1.29, 1.82) is 0 Å². The first-order valence-electron chi connectivity index (χ1n) is 5.43. The van der Waals surface area contributed by atoms with Gasteiger partial charge in [0.2, 0.25) is 0 Å². The molecule has 0 bridgehead atoms. The predicted octanol–water partition coefficient (Wildman–Crippen LogP) is 2.22. The average Bonchev–Trinajstić information content (AvgIpc) is 2.68. The quantitative estimate of drug-likeness (QED) is 0.796. The largest absolute Gasteiger partial charge is 0.481 e. The van der Waals surface area contributed by atoms with E-state index in [1.807, 2.05) is 11.7 Å². The van der Waals surface area contributed by atoms with Crippen molar-refractivity contribution in [2.45, 2.75) is 39.3 Å². The standard InChI is InChI=1S/C11H18N2O2S/c1-9(2)13(5-3-4-11(14)15)7-10-6-12-8-16-10/h6,8-9H,3-5,7H2,1-2H3,(H,14,15). The molecule has 0 atom stereocenters. The third-order valence-corrected chi connectivity index (χ3v) is 3.17. The molecule has 0 saturated heterocycles. The lowest BCUT2D eigenvalue weighted by Crippen LogP contribution is -2.31. The van der Waals surface area contributed by atoms with Gasteiger partial charge in [-0.15, -0.1) is 11.3 Å². The van der Waals surface area contributed by atoms with Crippen molar-refractivity contribution >= 4 is 17.3 Å². The SMILES string of the molecule is CC(C)N(CCCC(=O)O)Cc1cncs1. The molecule has 16 heavy (non-hydrogen) atoms. The maximum atomic E-state index is 10.4. The second-order valence-electron chi connectivity index (χ2n) is 4.03. The van der Waals surface area contributed by atoms with E-state index in [9.17, 15) is 4.79 Å². The summed E-state index contributed by atoms with van der Waals surface area (Å²) in [5.41, 5.74) is 1.82. The Kier molecular flexibility index (Phi) is 5.42. The highest BCUT2D eigenvalue weighted by Gasteiger charge is 2.11. The normalized spacial score (nSPS) is 11.2. The smallest absolute Gasteiger partial charge is 0.303 e. The van der Waals surface area contributed by atoms with Crippen LogP contribution in [0.3, 0.4) is 0 Å². The fourth-order valence-corrected chi connectivity index (χ4v) is 2.09. The second kappa shape index (κ2) is 6.60. The van der Waals surface area contributed by atoms with Crippen LogP contribution in [-0.4, -0.2) is 33.5 Å². The Hall–Kier alpha value is -0.940. The van der Waals surface area contributed by atoms with Gasteiger partial charge in [0.15, 0.2) is 0 Å². The number of aliphatic carboxylic acids is 1. The number of thiazole rings is 1. The number of aromatic nitrogens is 1. The predicted molar refractivity (Wildman–Crippen MR) is 64.5 cm³/mol. The zero-order valence-electron chi connectivity index (χ0n) is 9.72. The Morgan fingerprint density at radius 1 is 1.62 bits per heavy atom. The lowest BCUT2D eigenvalue weighted by molar-refractivity contribution is -0.137. The van der Waals surface area contributed by atoms with E-state index < -0.39 is 5.97 Å². The molecule has 1 N–H and O–H groups in total. The minimum atomic E-state index is -0.721. The van der Waals surface area contributed by atoms with E-state index in [4.69, 9.17) is 5.11 Å². The lowest BCUT2D eigenvalue weighted by atomic mass is 10.2. The zero-order valence-corrected chi connectivity index (χ0v) is 10.5. The van der Waals surface area contributed by atoms with Gasteiger partial charge in [0, 0.05) is 30.1 Å². The fraction of sp³-hybridized carbons (Fsp3) is 0.636. The minimum Gasteiger partial charge on any atom is -0.481 e. The molecular weight excluding hydrogens is 224 g/mol. The van der Waals surface area contributed by atoms with Crippen LogP contribution in [0.25, 0.3) is 0 Å². The van der Waals surface area contributed by atoms with Gasteiger partial charge in [-0.25, -0.2) is 0 Å². The van der Waals surface area contributed by atoms with Crippen LogP contribution in [-0.2, 0) is 11.3 Å². The van der Waals surface area contributed by atoms with Crippen LogP contribution >= 0.6 is 11.3 Å². The number of carbonyl (C=O) groups is 1. The van der Waals surface area contributed by atoms with E-state index in [1.54, 1.807) is 11.3 Å². The van der Waals surface area contributed by atoms with E-state index >= 15 is 0 Å². The van der Waals surface area contributed by atoms with Gasteiger partial charge in [0.1, 0.15) is 0 Å². The maximum absolute atomic E-state index is 10.4. The molecule has 1 aromatic heterocycles. The summed E-state index contributed by atoms with van der Waals surface area (Å²) in [7, 11) is 0. The molecule has 1 heterocycles. The van der Waals surface area contributed by atoms with Gasteiger partial charge in [-0.2, -0.15) is 0 Å². The van der Waals surface area contributed by atoms with Gasteiger partial charge in [-0.05, 0) is 26.8 Å². The lowest BCUT2D eigenvalue weighted by Gasteiger charge is -2.25. The van der Waals surface area contributed by atoms with Gasteiger partial charge in [-0.3, -0.25) is 14.7 Å². The van der Waals surface area contributed by atoms with Crippen LogP contribution < -0.4 is 0 Å². The van der Waals surface area contributed by atoms with Gasteiger partial charge in [0.05, 0.1) is 5.51 Å². The first-order valence-corrected chi connectivity index (χ1v) is 6.30. The molecule has 0 radical (unpaired) electrons. The zero-order chi connectivity index (χ0) is 12.0. The first-order chi connectivity index (χ1) is 7.59. The molecule has 0 fully saturated rings. The summed E-state index contributed by atoms with van der Waals surface area (Å²) in [5, 5.41) is 8.60. The van der Waals surface area contributed by atoms with E-state index in [0.29, 0.717) is 12.5 Å². The summed E-state index contributed by atoms with van der Waals surface area (Å²) in [6, 6.07) is 0.427. The molecule has 0 spiro atoms. The van der Waals surface area contributed by atoms with Crippen LogP contribution in [0.4, 0.5) is 0 Å². The van der Waals surface area contributed by atoms with Crippen molar-refractivity contribution in [1.82, 2.24) is 9.88 Å². The van der Waals surface area contributed by atoms with Crippen LogP contribution in [0, 0.1) is 0 Å². The fourth-order valence-electron chi connectivity index (χ4n) is 1.47. The Labute approximate surface area is 99.9 Å². The molecule has 0 saturated carbocycles. The average molecular weight is 242 g/mol. The molecule has 0 unspecified atom stereocenters. The van der Waals surface area contributed by atoms with E-state index in [1.165, 1.54) is 4.88 Å². The van der Waals surface area contributed by atoms with Crippen LogP contribution in [0.15, 0.2) is 11.7 Å². The number of hydrogen-bond acceptors (Lipinski definition) is 4. The van der Waals surface area contributed by atoms with Gasteiger partial charge in [0.25, 0.3) is 0 Å². The second-order valence-corrected chi connectivity index (χ2v) is 5.00. The minimum absolute atomic E-state index is 0.242. The monoisotopic (exact) mass is 242 g/mol. The Bertz CT molecular complexity index is 312. The summed E-state index contributed by atoms with van der Waals surface area (Å²) in [4.78, 5) is 18.0. The molecule has 0 amide bonds. The van der Waals surface area contributed by atoms with Crippen molar-refractivity contribution in [2.24, 2.45) is 0 Å². The molecule has 0 aliphatic rings. The summed E-state index contributed by atoms with van der Waals surface area (Å²) >= 11 is 1.64. The third kappa shape index (κ3) is 4.72. The molecular formula is C11H18N2O2S. The Balaban J connectivity index is 2.39.